The maximum atomic E-state index is 3.50. The van der Waals surface area contributed by atoms with Crippen molar-refractivity contribution < 1.29 is 0 Å². The normalized spacial score (nSPS) is 11.2. The van der Waals surface area contributed by atoms with Crippen LogP contribution >= 0.6 is 0 Å². The van der Waals surface area contributed by atoms with Gasteiger partial charge in [0.2, 0.25) is 0 Å². The highest BCUT2D eigenvalue weighted by Crippen LogP contribution is 2.27. The second-order valence-electron chi connectivity index (χ2n) is 7.21. The van der Waals surface area contributed by atoms with E-state index in [-0.39, 0.29) is 0 Å². The van der Waals surface area contributed by atoms with Gasteiger partial charge in [-0.2, -0.15) is 0 Å². The van der Waals surface area contributed by atoms with Crippen LogP contribution in [-0.2, 0) is 6.42 Å². The van der Waals surface area contributed by atoms with Gasteiger partial charge in [-0.15, -0.1) is 0 Å². The molecule has 0 atom stereocenters. The van der Waals surface area contributed by atoms with Crippen LogP contribution in [0.5, 0.6) is 0 Å². The first-order valence-electron chi connectivity index (χ1n) is 9.82. The van der Waals surface area contributed by atoms with Crippen molar-refractivity contribution >= 4 is 0 Å². The van der Waals surface area contributed by atoms with Gasteiger partial charge in [0.05, 0.1) is 0 Å². The molecule has 0 saturated heterocycles. The fourth-order valence-electron chi connectivity index (χ4n) is 3.27. The molecule has 129 valence electrons. The Bertz CT molecular complexity index is 594. The molecule has 0 heteroatoms. The van der Waals surface area contributed by atoms with Crippen LogP contribution < -0.4 is 0 Å². The first-order valence-corrected chi connectivity index (χ1v) is 9.82. The minimum Gasteiger partial charge on any atom is -0.0654 e. The summed E-state index contributed by atoms with van der Waals surface area (Å²) in [7, 11) is 0. The van der Waals surface area contributed by atoms with Crippen molar-refractivity contribution in [2.24, 2.45) is 0 Å². The van der Waals surface area contributed by atoms with E-state index in [1.165, 1.54) is 67.2 Å². The van der Waals surface area contributed by atoms with Gasteiger partial charge in [-0.25, -0.2) is 0 Å². The largest absolute Gasteiger partial charge is 0.0654 e. The van der Waals surface area contributed by atoms with E-state index in [0.29, 0.717) is 5.92 Å². The van der Waals surface area contributed by atoms with Gasteiger partial charge < -0.3 is 0 Å². The van der Waals surface area contributed by atoms with E-state index in [0.717, 1.165) is 6.42 Å². The molecule has 0 fully saturated rings. The molecule has 0 unspecified atom stereocenters. The van der Waals surface area contributed by atoms with Gasteiger partial charge in [-0.05, 0) is 47.1 Å². The van der Waals surface area contributed by atoms with E-state index in [1.54, 1.807) is 0 Å². The minimum absolute atomic E-state index is 0.573. The van der Waals surface area contributed by atoms with Gasteiger partial charge in [0, 0.05) is 0 Å². The highest BCUT2D eigenvalue weighted by atomic mass is 14.1. The SMILES string of the molecule is CCCCCCCCCc1[c]cccc1-c1cccc(C(C)C)c1. The fourth-order valence-corrected chi connectivity index (χ4v) is 3.27. The van der Waals surface area contributed by atoms with Crippen LogP contribution in [0.3, 0.4) is 0 Å². The highest BCUT2D eigenvalue weighted by molar-refractivity contribution is 5.68. The predicted molar refractivity (Wildman–Crippen MR) is 107 cm³/mol. The van der Waals surface area contributed by atoms with Gasteiger partial charge in [0.25, 0.3) is 0 Å². The van der Waals surface area contributed by atoms with Crippen LogP contribution in [0, 0.1) is 6.07 Å². The van der Waals surface area contributed by atoms with Crippen molar-refractivity contribution in [2.45, 2.75) is 78.1 Å². The summed E-state index contributed by atoms with van der Waals surface area (Å²) in [6.45, 7) is 6.80. The molecule has 0 aromatic heterocycles. The summed E-state index contributed by atoms with van der Waals surface area (Å²) in [6.07, 6.45) is 10.7. The van der Waals surface area contributed by atoms with Crippen LogP contribution in [0.2, 0.25) is 0 Å². The van der Waals surface area contributed by atoms with Gasteiger partial charge in [-0.3, -0.25) is 0 Å². The Morgan fingerprint density at radius 1 is 0.875 bits per heavy atom. The van der Waals surface area contributed by atoms with E-state index in [2.05, 4.69) is 69.3 Å². The topological polar surface area (TPSA) is 0 Å². The zero-order valence-electron chi connectivity index (χ0n) is 15.8. The molecule has 0 amide bonds. The van der Waals surface area contributed by atoms with E-state index >= 15 is 0 Å². The first-order chi connectivity index (χ1) is 11.7. The number of rotatable bonds is 10. The van der Waals surface area contributed by atoms with Crippen molar-refractivity contribution in [3.63, 3.8) is 0 Å². The van der Waals surface area contributed by atoms with E-state index < -0.39 is 0 Å². The number of benzene rings is 2. The molecule has 0 N–H and O–H groups in total. The van der Waals surface area contributed by atoms with E-state index in [1.807, 2.05) is 0 Å². The summed E-state index contributed by atoms with van der Waals surface area (Å²) < 4.78 is 0. The third-order valence-electron chi connectivity index (χ3n) is 4.84. The molecule has 2 aromatic rings. The van der Waals surface area contributed by atoms with Crippen LogP contribution in [0.1, 0.15) is 82.8 Å². The molecule has 24 heavy (non-hydrogen) atoms. The van der Waals surface area contributed by atoms with Crippen LogP contribution in [0.25, 0.3) is 11.1 Å². The average Bonchev–Trinajstić information content (AvgIpc) is 2.61. The lowest BCUT2D eigenvalue weighted by Gasteiger charge is -2.12. The standard InChI is InChI=1S/C24H33/c1-4-5-6-7-8-9-10-14-21-15-11-12-18-24(21)23-17-13-16-22(19-23)20(2)3/h11-13,16-20H,4-10,14H2,1-3H3. The van der Waals surface area contributed by atoms with Crippen molar-refractivity contribution in [2.75, 3.05) is 0 Å². The molecule has 2 rings (SSSR count). The van der Waals surface area contributed by atoms with Crippen LogP contribution in [0.4, 0.5) is 0 Å². The Balaban J connectivity index is 1.96. The Labute approximate surface area is 149 Å². The molecule has 0 spiro atoms. The lowest BCUT2D eigenvalue weighted by molar-refractivity contribution is 0.589. The van der Waals surface area contributed by atoms with Crippen molar-refractivity contribution in [1.82, 2.24) is 0 Å². The Morgan fingerprint density at radius 3 is 2.38 bits per heavy atom. The second-order valence-corrected chi connectivity index (χ2v) is 7.21. The van der Waals surface area contributed by atoms with Crippen LogP contribution in [0.15, 0.2) is 42.5 Å². The van der Waals surface area contributed by atoms with E-state index in [4.69, 9.17) is 0 Å². The third kappa shape index (κ3) is 5.82. The Kier molecular flexibility index (Phi) is 8.08. The molecule has 1 radical (unpaired) electrons. The summed E-state index contributed by atoms with van der Waals surface area (Å²) in [4.78, 5) is 0. The average molecular weight is 322 g/mol. The summed E-state index contributed by atoms with van der Waals surface area (Å²) >= 11 is 0. The molecular weight excluding hydrogens is 288 g/mol. The maximum absolute atomic E-state index is 3.50. The third-order valence-corrected chi connectivity index (χ3v) is 4.84. The van der Waals surface area contributed by atoms with E-state index in [9.17, 15) is 0 Å². The summed E-state index contributed by atoms with van der Waals surface area (Å²) in [5.41, 5.74) is 5.51. The molecule has 0 heterocycles. The summed E-state index contributed by atoms with van der Waals surface area (Å²) in [5, 5.41) is 0. The zero-order valence-corrected chi connectivity index (χ0v) is 15.8. The van der Waals surface area contributed by atoms with Gasteiger partial charge in [0.1, 0.15) is 0 Å². The molecule has 2 aromatic carbocycles. The fraction of sp³-hybridized carbons (Fsp3) is 0.500. The van der Waals surface area contributed by atoms with Crippen molar-refractivity contribution in [3.05, 3.63) is 59.7 Å². The zero-order chi connectivity index (χ0) is 17.2. The summed E-state index contributed by atoms with van der Waals surface area (Å²) in [6, 6.07) is 18.9. The molecule has 0 aliphatic heterocycles. The lowest BCUT2D eigenvalue weighted by Crippen LogP contribution is -1.93. The Morgan fingerprint density at radius 2 is 1.62 bits per heavy atom. The molecule has 0 nitrogen and oxygen atoms in total. The quantitative estimate of drug-likeness (QED) is 0.396. The first kappa shape index (κ1) is 18.8. The summed E-state index contributed by atoms with van der Waals surface area (Å²) in [5.74, 6) is 0.573. The lowest BCUT2D eigenvalue weighted by atomic mass is 9.92. The van der Waals surface area contributed by atoms with Crippen molar-refractivity contribution in [3.8, 4) is 11.1 Å². The van der Waals surface area contributed by atoms with Gasteiger partial charge in [0.15, 0.2) is 0 Å². The van der Waals surface area contributed by atoms with Gasteiger partial charge >= 0.3 is 0 Å². The maximum Gasteiger partial charge on any atom is -0.0143 e. The highest BCUT2D eigenvalue weighted by Gasteiger charge is 2.07. The predicted octanol–water partition coefficient (Wildman–Crippen LogP) is 7.57. The molecule has 0 aliphatic rings. The van der Waals surface area contributed by atoms with Gasteiger partial charge in [-0.1, -0.05) is 102 Å². The second kappa shape index (κ2) is 10.3. The number of hydrogen-bond donors (Lipinski definition) is 0. The molecule has 0 saturated carbocycles. The number of unbranched alkanes of at least 4 members (excludes halogenated alkanes) is 6. The molecule has 0 bridgehead atoms. The number of aryl methyl sites for hydroxylation is 1. The molecule has 0 aliphatic carbocycles. The Hall–Kier alpha value is -1.56. The smallest absolute Gasteiger partial charge is 0.0143 e. The van der Waals surface area contributed by atoms with Crippen molar-refractivity contribution in [1.29, 1.82) is 0 Å². The van der Waals surface area contributed by atoms with Crippen LogP contribution in [-0.4, -0.2) is 0 Å². The number of hydrogen-bond acceptors (Lipinski definition) is 0. The molecular formula is C24H33. The minimum atomic E-state index is 0.573. The monoisotopic (exact) mass is 321 g/mol.